The zero-order valence-corrected chi connectivity index (χ0v) is 14.8. The van der Waals surface area contributed by atoms with Crippen LogP contribution in [0.5, 0.6) is 5.75 Å². The van der Waals surface area contributed by atoms with E-state index in [4.69, 9.17) is 0 Å². The quantitative estimate of drug-likeness (QED) is 0.729. The summed E-state index contributed by atoms with van der Waals surface area (Å²) in [6.07, 6.45) is 0. The second-order valence-corrected chi connectivity index (χ2v) is 6.32. The van der Waals surface area contributed by atoms with Crippen molar-refractivity contribution in [3.63, 3.8) is 0 Å². The van der Waals surface area contributed by atoms with Crippen LogP contribution in [0.2, 0.25) is 0 Å². The standard InChI is InChI=1S/C18H18F2N2O3S/c1-12-6-8-13(9-7-12)21-16(23)10-26-11-17(24)22-14-4-2-3-5-15(14)25-18(19)20/h2-9,18H,10-11H2,1H3,(H,21,23)(H,22,24). The number of hydrogen-bond acceptors (Lipinski definition) is 4. The molecule has 138 valence electrons. The highest BCUT2D eigenvalue weighted by Crippen LogP contribution is 2.25. The van der Waals surface area contributed by atoms with Gasteiger partial charge in [-0.2, -0.15) is 8.78 Å². The lowest BCUT2D eigenvalue weighted by molar-refractivity contribution is -0.114. The molecule has 5 nitrogen and oxygen atoms in total. The van der Waals surface area contributed by atoms with Crippen molar-refractivity contribution in [1.82, 2.24) is 0 Å². The summed E-state index contributed by atoms with van der Waals surface area (Å²) in [7, 11) is 0. The molecule has 0 unspecified atom stereocenters. The second kappa shape index (κ2) is 9.76. The van der Waals surface area contributed by atoms with Crippen LogP contribution in [-0.4, -0.2) is 29.9 Å². The number of benzene rings is 2. The monoisotopic (exact) mass is 380 g/mol. The van der Waals surface area contributed by atoms with E-state index in [-0.39, 0.29) is 28.8 Å². The first kappa shape index (κ1) is 19.7. The number of hydrogen-bond donors (Lipinski definition) is 2. The average Bonchev–Trinajstić information content (AvgIpc) is 2.58. The number of carbonyl (C=O) groups is 2. The molecule has 26 heavy (non-hydrogen) atoms. The maximum atomic E-state index is 12.3. The fourth-order valence-electron chi connectivity index (χ4n) is 2.03. The van der Waals surface area contributed by atoms with Crippen LogP contribution in [-0.2, 0) is 9.59 Å². The van der Waals surface area contributed by atoms with E-state index in [2.05, 4.69) is 15.4 Å². The fraction of sp³-hybridized carbons (Fsp3) is 0.222. The summed E-state index contributed by atoms with van der Waals surface area (Å²) < 4.78 is 29.0. The largest absolute Gasteiger partial charge is 0.433 e. The van der Waals surface area contributed by atoms with E-state index in [1.165, 1.54) is 18.2 Å². The minimum absolute atomic E-state index is 0.00430. The van der Waals surface area contributed by atoms with Crippen LogP contribution in [0.1, 0.15) is 5.56 Å². The molecule has 2 aromatic rings. The van der Waals surface area contributed by atoms with E-state index in [1.807, 2.05) is 19.1 Å². The first-order valence-electron chi connectivity index (χ1n) is 7.72. The van der Waals surface area contributed by atoms with Crippen molar-refractivity contribution >= 4 is 35.0 Å². The highest BCUT2D eigenvalue weighted by molar-refractivity contribution is 8.00. The molecule has 0 aliphatic heterocycles. The zero-order chi connectivity index (χ0) is 18.9. The Kier molecular flexibility index (Phi) is 7.40. The number of para-hydroxylation sites is 2. The van der Waals surface area contributed by atoms with Crippen LogP contribution in [0.25, 0.3) is 0 Å². The van der Waals surface area contributed by atoms with Gasteiger partial charge in [-0.1, -0.05) is 29.8 Å². The lowest BCUT2D eigenvalue weighted by Crippen LogP contribution is -2.19. The van der Waals surface area contributed by atoms with Gasteiger partial charge in [0, 0.05) is 5.69 Å². The van der Waals surface area contributed by atoms with Gasteiger partial charge >= 0.3 is 6.61 Å². The molecule has 0 aliphatic rings. The summed E-state index contributed by atoms with van der Waals surface area (Å²) in [5.74, 6) is -0.657. The molecule has 0 radical (unpaired) electrons. The molecule has 0 bridgehead atoms. The Morgan fingerprint density at radius 2 is 1.62 bits per heavy atom. The Bertz CT molecular complexity index is 754. The van der Waals surface area contributed by atoms with Crippen molar-refractivity contribution in [2.24, 2.45) is 0 Å². The Morgan fingerprint density at radius 1 is 1.00 bits per heavy atom. The smallest absolute Gasteiger partial charge is 0.387 e. The van der Waals surface area contributed by atoms with Gasteiger partial charge in [-0.25, -0.2) is 0 Å². The zero-order valence-electron chi connectivity index (χ0n) is 14.0. The van der Waals surface area contributed by atoms with Crippen molar-refractivity contribution in [2.45, 2.75) is 13.5 Å². The molecular weight excluding hydrogens is 362 g/mol. The Balaban J connectivity index is 1.77. The van der Waals surface area contributed by atoms with E-state index >= 15 is 0 Å². The van der Waals surface area contributed by atoms with Gasteiger partial charge in [0.2, 0.25) is 11.8 Å². The normalized spacial score (nSPS) is 10.5. The first-order chi connectivity index (χ1) is 12.4. The number of carbonyl (C=O) groups excluding carboxylic acids is 2. The molecule has 0 spiro atoms. The van der Waals surface area contributed by atoms with Gasteiger partial charge in [-0.05, 0) is 31.2 Å². The van der Waals surface area contributed by atoms with Crippen molar-refractivity contribution in [2.75, 3.05) is 22.1 Å². The molecule has 0 heterocycles. The van der Waals surface area contributed by atoms with Crippen LogP contribution < -0.4 is 15.4 Å². The number of alkyl halides is 2. The Hall–Kier alpha value is -2.61. The van der Waals surface area contributed by atoms with Gasteiger partial charge < -0.3 is 15.4 Å². The Morgan fingerprint density at radius 3 is 2.27 bits per heavy atom. The lowest BCUT2D eigenvalue weighted by Gasteiger charge is -2.11. The predicted molar refractivity (Wildman–Crippen MR) is 98.8 cm³/mol. The second-order valence-electron chi connectivity index (χ2n) is 5.33. The molecule has 8 heteroatoms. The number of anilines is 2. The number of halogens is 2. The van der Waals surface area contributed by atoms with Crippen molar-refractivity contribution in [3.8, 4) is 5.75 Å². The van der Waals surface area contributed by atoms with E-state index in [9.17, 15) is 18.4 Å². The molecule has 2 amide bonds. The summed E-state index contributed by atoms with van der Waals surface area (Å²) in [6, 6.07) is 13.3. The summed E-state index contributed by atoms with van der Waals surface area (Å²) in [5, 5.41) is 5.22. The minimum Gasteiger partial charge on any atom is -0.433 e. The van der Waals surface area contributed by atoms with Gasteiger partial charge in [-0.3, -0.25) is 9.59 Å². The lowest BCUT2D eigenvalue weighted by atomic mass is 10.2. The molecular formula is C18H18F2N2O3S. The topological polar surface area (TPSA) is 67.4 Å². The third-order valence-electron chi connectivity index (χ3n) is 3.18. The highest BCUT2D eigenvalue weighted by atomic mass is 32.2. The van der Waals surface area contributed by atoms with Crippen molar-refractivity contribution in [1.29, 1.82) is 0 Å². The molecule has 0 aliphatic carbocycles. The summed E-state index contributed by atoms with van der Waals surface area (Å²) >= 11 is 1.12. The molecule has 2 rings (SSSR count). The summed E-state index contributed by atoms with van der Waals surface area (Å²) in [5.41, 5.74) is 1.93. The van der Waals surface area contributed by atoms with Gasteiger partial charge in [0.05, 0.1) is 17.2 Å². The van der Waals surface area contributed by atoms with Crippen LogP contribution in [0.15, 0.2) is 48.5 Å². The molecule has 2 N–H and O–H groups in total. The fourth-order valence-corrected chi connectivity index (χ4v) is 2.64. The molecule has 0 fully saturated rings. The van der Waals surface area contributed by atoms with Gasteiger partial charge in [0.25, 0.3) is 0 Å². The molecule has 2 aromatic carbocycles. The van der Waals surface area contributed by atoms with E-state index < -0.39 is 12.5 Å². The molecule has 0 atom stereocenters. The van der Waals surface area contributed by atoms with Crippen LogP contribution in [0, 0.1) is 6.92 Å². The number of rotatable bonds is 8. The first-order valence-corrected chi connectivity index (χ1v) is 8.87. The number of aryl methyl sites for hydroxylation is 1. The number of nitrogens with one attached hydrogen (secondary N) is 2. The van der Waals surface area contributed by atoms with E-state index in [0.29, 0.717) is 5.69 Å². The molecule has 0 aromatic heterocycles. The van der Waals surface area contributed by atoms with Gasteiger partial charge in [0.15, 0.2) is 0 Å². The van der Waals surface area contributed by atoms with Gasteiger partial charge in [0.1, 0.15) is 5.75 Å². The maximum Gasteiger partial charge on any atom is 0.387 e. The van der Waals surface area contributed by atoms with E-state index in [1.54, 1.807) is 18.2 Å². The van der Waals surface area contributed by atoms with Gasteiger partial charge in [-0.15, -0.1) is 11.8 Å². The molecule has 0 saturated heterocycles. The number of amides is 2. The Labute approximate surface area is 154 Å². The predicted octanol–water partition coefficient (Wildman–Crippen LogP) is 3.91. The average molecular weight is 380 g/mol. The maximum absolute atomic E-state index is 12.3. The highest BCUT2D eigenvalue weighted by Gasteiger charge is 2.12. The minimum atomic E-state index is -2.98. The number of thioether (sulfide) groups is 1. The van der Waals surface area contributed by atoms with E-state index in [0.717, 1.165) is 17.3 Å². The van der Waals surface area contributed by atoms with Crippen molar-refractivity contribution < 1.29 is 23.1 Å². The van der Waals surface area contributed by atoms with Crippen LogP contribution in [0.3, 0.4) is 0 Å². The summed E-state index contributed by atoms with van der Waals surface area (Å²) in [6.45, 7) is -1.03. The third-order valence-corrected chi connectivity index (χ3v) is 4.11. The third kappa shape index (κ3) is 6.72. The molecule has 0 saturated carbocycles. The van der Waals surface area contributed by atoms with Crippen LogP contribution >= 0.6 is 11.8 Å². The van der Waals surface area contributed by atoms with Crippen LogP contribution in [0.4, 0.5) is 20.2 Å². The SMILES string of the molecule is Cc1ccc(NC(=O)CSCC(=O)Nc2ccccc2OC(F)F)cc1. The van der Waals surface area contributed by atoms with Crippen molar-refractivity contribution in [3.05, 3.63) is 54.1 Å². The number of ether oxygens (including phenoxy) is 1. The summed E-state index contributed by atoms with van der Waals surface area (Å²) in [4.78, 5) is 23.8.